The average molecular weight is 422 g/mol. The average Bonchev–Trinajstić information content (AvgIpc) is 2.74. The molecular weight excluding hydrogens is 394 g/mol. The Morgan fingerprint density at radius 2 is 1.66 bits per heavy atom. The van der Waals surface area contributed by atoms with Crippen molar-refractivity contribution in [3.63, 3.8) is 0 Å². The molecule has 0 heterocycles. The quantitative estimate of drug-likeness (QED) is 0.471. The third kappa shape index (κ3) is 6.09. The van der Waals surface area contributed by atoms with Crippen LogP contribution in [-0.2, 0) is 6.42 Å². The second kappa shape index (κ2) is 11.3. The van der Waals surface area contributed by atoms with Gasteiger partial charge in [-0.1, -0.05) is 17.7 Å². The van der Waals surface area contributed by atoms with E-state index in [0.717, 1.165) is 23.5 Å². The lowest BCUT2D eigenvalue weighted by molar-refractivity contribution is 0.324. The molecule has 0 aliphatic heterocycles. The Labute approximate surface area is 177 Å². The van der Waals surface area contributed by atoms with Gasteiger partial charge in [0.05, 0.1) is 28.4 Å². The summed E-state index contributed by atoms with van der Waals surface area (Å²) >= 11 is 6.31. The van der Waals surface area contributed by atoms with Crippen LogP contribution in [0.2, 0.25) is 5.02 Å². The van der Waals surface area contributed by atoms with Crippen LogP contribution in [0.3, 0.4) is 0 Å². The van der Waals surface area contributed by atoms with Crippen molar-refractivity contribution >= 4 is 23.2 Å². The maximum Gasteiger partial charge on any atom is 0.203 e. The number of benzene rings is 2. The minimum Gasteiger partial charge on any atom is -0.497 e. The molecule has 0 amide bonds. The first-order valence-corrected chi connectivity index (χ1v) is 9.61. The van der Waals surface area contributed by atoms with Gasteiger partial charge in [0.1, 0.15) is 5.75 Å². The van der Waals surface area contributed by atoms with Crippen molar-refractivity contribution in [3.05, 3.63) is 40.9 Å². The fourth-order valence-electron chi connectivity index (χ4n) is 2.74. The van der Waals surface area contributed by atoms with E-state index < -0.39 is 0 Å². The van der Waals surface area contributed by atoms with E-state index in [2.05, 4.69) is 15.6 Å². The van der Waals surface area contributed by atoms with Gasteiger partial charge >= 0.3 is 0 Å². The second-order valence-electron chi connectivity index (χ2n) is 6.01. The molecule has 2 N–H and O–H groups in total. The normalized spacial score (nSPS) is 11.0. The highest BCUT2D eigenvalue weighted by molar-refractivity contribution is 6.31. The van der Waals surface area contributed by atoms with Gasteiger partial charge < -0.3 is 29.6 Å². The lowest BCUT2D eigenvalue weighted by Gasteiger charge is -2.16. The number of methoxy groups -OCH3 is 4. The smallest absolute Gasteiger partial charge is 0.203 e. The number of ether oxygens (including phenoxy) is 4. The van der Waals surface area contributed by atoms with Crippen LogP contribution in [0.4, 0.5) is 5.69 Å². The number of hydrogen-bond donors (Lipinski definition) is 2. The molecule has 158 valence electrons. The summed E-state index contributed by atoms with van der Waals surface area (Å²) in [4.78, 5) is 4.63. The summed E-state index contributed by atoms with van der Waals surface area (Å²) in [6.45, 7) is 3.29. The molecule has 2 aromatic rings. The SMILES string of the molecule is CCNC(=NCCc1ccc(OC)cc1Cl)Nc1cc(OC)c(OC)c(OC)c1. The third-order valence-electron chi connectivity index (χ3n) is 4.18. The van der Waals surface area contributed by atoms with E-state index in [1.54, 1.807) is 34.5 Å². The highest BCUT2D eigenvalue weighted by Gasteiger charge is 2.14. The van der Waals surface area contributed by atoms with Crippen LogP contribution in [0, 0.1) is 0 Å². The first-order chi connectivity index (χ1) is 14.1. The first-order valence-electron chi connectivity index (χ1n) is 9.24. The lowest BCUT2D eigenvalue weighted by Crippen LogP contribution is -2.31. The van der Waals surface area contributed by atoms with Crippen LogP contribution in [0.15, 0.2) is 35.3 Å². The largest absolute Gasteiger partial charge is 0.497 e. The van der Waals surface area contributed by atoms with Crippen molar-refractivity contribution in [1.29, 1.82) is 0 Å². The number of aliphatic imine (C=N–C) groups is 1. The zero-order chi connectivity index (χ0) is 21.2. The molecule has 0 radical (unpaired) electrons. The van der Waals surface area contributed by atoms with Gasteiger partial charge in [0.15, 0.2) is 17.5 Å². The fraction of sp³-hybridized carbons (Fsp3) is 0.381. The summed E-state index contributed by atoms with van der Waals surface area (Å²) in [7, 11) is 6.36. The predicted molar refractivity (Wildman–Crippen MR) is 117 cm³/mol. The van der Waals surface area contributed by atoms with Crippen molar-refractivity contribution in [3.8, 4) is 23.0 Å². The standard InChI is InChI=1S/C21H28ClN3O4/c1-6-23-21(24-10-9-14-7-8-16(26-2)13-17(14)22)25-15-11-18(27-3)20(29-5)19(12-15)28-4/h7-8,11-13H,6,9-10H2,1-5H3,(H2,23,24,25). The number of rotatable bonds is 9. The Kier molecular flexibility index (Phi) is 8.73. The van der Waals surface area contributed by atoms with Crippen molar-refractivity contribution in [2.45, 2.75) is 13.3 Å². The Balaban J connectivity index is 2.15. The lowest BCUT2D eigenvalue weighted by atomic mass is 10.1. The van der Waals surface area contributed by atoms with Crippen molar-refractivity contribution in [2.75, 3.05) is 46.8 Å². The number of hydrogen-bond acceptors (Lipinski definition) is 5. The van der Waals surface area contributed by atoms with E-state index in [9.17, 15) is 0 Å². The molecule has 2 aromatic carbocycles. The van der Waals surface area contributed by atoms with Gasteiger partial charge in [-0.05, 0) is 31.0 Å². The van der Waals surface area contributed by atoms with Gasteiger partial charge in [-0.25, -0.2) is 0 Å². The molecule has 0 atom stereocenters. The highest BCUT2D eigenvalue weighted by atomic mass is 35.5. The molecule has 0 fully saturated rings. The Morgan fingerprint density at radius 3 is 2.17 bits per heavy atom. The van der Waals surface area contributed by atoms with E-state index >= 15 is 0 Å². The fourth-order valence-corrected chi connectivity index (χ4v) is 3.01. The van der Waals surface area contributed by atoms with E-state index in [0.29, 0.717) is 41.2 Å². The Bertz CT molecular complexity index is 818. The summed E-state index contributed by atoms with van der Waals surface area (Å²) in [5, 5.41) is 7.17. The van der Waals surface area contributed by atoms with E-state index in [-0.39, 0.29) is 0 Å². The summed E-state index contributed by atoms with van der Waals surface area (Å²) in [6, 6.07) is 9.31. The Morgan fingerprint density at radius 1 is 0.966 bits per heavy atom. The molecule has 29 heavy (non-hydrogen) atoms. The van der Waals surface area contributed by atoms with Gasteiger partial charge in [0.25, 0.3) is 0 Å². The van der Waals surface area contributed by atoms with Crippen molar-refractivity contribution < 1.29 is 18.9 Å². The Hall–Kier alpha value is -2.80. The molecule has 0 unspecified atom stereocenters. The topological polar surface area (TPSA) is 73.3 Å². The van der Waals surface area contributed by atoms with Crippen molar-refractivity contribution in [1.82, 2.24) is 5.32 Å². The van der Waals surface area contributed by atoms with E-state index in [4.69, 9.17) is 30.5 Å². The third-order valence-corrected chi connectivity index (χ3v) is 4.53. The molecule has 0 saturated heterocycles. The van der Waals surface area contributed by atoms with Crippen LogP contribution in [0.25, 0.3) is 0 Å². The minimum atomic E-state index is 0.539. The predicted octanol–water partition coefficient (Wildman–Crippen LogP) is 3.99. The van der Waals surface area contributed by atoms with Gasteiger partial charge in [0, 0.05) is 35.9 Å². The van der Waals surface area contributed by atoms with Gasteiger partial charge in [-0.15, -0.1) is 0 Å². The summed E-state index contributed by atoms with van der Waals surface area (Å²) < 4.78 is 21.3. The summed E-state index contributed by atoms with van der Waals surface area (Å²) in [6.07, 6.45) is 0.703. The van der Waals surface area contributed by atoms with Gasteiger partial charge in [0.2, 0.25) is 5.75 Å². The molecule has 0 bridgehead atoms. The molecule has 0 aliphatic rings. The second-order valence-corrected chi connectivity index (χ2v) is 6.41. The van der Waals surface area contributed by atoms with Crippen LogP contribution in [0.5, 0.6) is 23.0 Å². The van der Waals surface area contributed by atoms with Crippen LogP contribution in [-0.4, -0.2) is 47.5 Å². The first kappa shape index (κ1) is 22.5. The molecule has 8 heteroatoms. The monoisotopic (exact) mass is 421 g/mol. The molecule has 2 rings (SSSR count). The van der Waals surface area contributed by atoms with Gasteiger partial charge in [-0.3, -0.25) is 4.99 Å². The van der Waals surface area contributed by atoms with Crippen molar-refractivity contribution in [2.24, 2.45) is 4.99 Å². The molecule has 0 spiro atoms. The molecule has 0 aromatic heterocycles. The van der Waals surface area contributed by atoms with Crippen LogP contribution < -0.4 is 29.6 Å². The zero-order valence-corrected chi connectivity index (χ0v) is 18.2. The molecular formula is C21H28ClN3O4. The number of guanidine groups is 1. The van der Waals surface area contributed by atoms with Gasteiger partial charge in [-0.2, -0.15) is 0 Å². The molecule has 0 aliphatic carbocycles. The molecule has 0 saturated carbocycles. The number of nitrogens with zero attached hydrogens (tertiary/aromatic N) is 1. The summed E-state index contributed by atoms with van der Waals surface area (Å²) in [5.74, 6) is 3.05. The summed E-state index contributed by atoms with van der Waals surface area (Å²) in [5.41, 5.74) is 1.78. The maximum atomic E-state index is 6.31. The molecule has 7 nitrogen and oxygen atoms in total. The maximum absolute atomic E-state index is 6.31. The zero-order valence-electron chi connectivity index (χ0n) is 17.5. The van der Waals surface area contributed by atoms with E-state index in [1.165, 1.54) is 0 Å². The van der Waals surface area contributed by atoms with E-state index in [1.807, 2.05) is 31.2 Å². The number of halogens is 1. The minimum absolute atomic E-state index is 0.539. The number of nitrogens with one attached hydrogen (secondary N) is 2. The number of anilines is 1. The van der Waals surface area contributed by atoms with Crippen LogP contribution in [0.1, 0.15) is 12.5 Å². The highest BCUT2D eigenvalue weighted by Crippen LogP contribution is 2.39. The van der Waals surface area contributed by atoms with Crippen LogP contribution >= 0.6 is 11.6 Å².